The Morgan fingerprint density at radius 2 is 1.64 bits per heavy atom. The number of ether oxygens (including phenoxy) is 2. The summed E-state index contributed by atoms with van der Waals surface area (Å²) in [6.07, 6.45) is 0. The Bertz CT molecular complexity index is 1470. The molecule has 4 aromatic rings. The molecule has 0 unspecified atom stereocenters. The van der Waals surface area contributed by atoms with Crippen LogP contribution in [0, 0.1) is 5.82 Å². The standard InChI is InChI=1S/C23H21FN4O4S/c1-27-20-18(22(29)28(2)23(27)30)21(33-12-13-5-8-15(24)9-6-13)26-19(25-20)14-7-10-16(31-3)17(11-14)32-4/h5-11H,12H2,1-4H3. The zero-order chi connectivity index (χ0) is 23.7. The summed E-state index contributed by atoms with van der Waals surface area (Å²) in [6, 6.07) is 11.3. The molecule has 0 saturated carbocycles. The van der Waals surface area contributed by atoms with Crippen molar-refractivity contribution in [2.45, 2.75) is 10.8 Å². The smallest absolute Gasteiger partial charge is 0.332 e. The number of benzene rings is 2. The number of halogens is 1. The average Bonchev–Trinajstić information content (AvgIpc) is 2.84. The summed E-state index contributed by atoms with van der Waals surface area (Å²) in [5.74, 6) is 1.50. The van der Waals surface area contributed by atoms with Gasteiger partial charge in [-0.3, -0.25) is 13.9 Å². The number of thioether (sulfide) groups is 1. The van der Waals surface area contributed by atoms with E-state index in [0.29, 0.717) is 33.7 Å². The summed E-state index contributed by atoms with van der Waals surface area (Å²) < 4.78 is 26.3. The van der Waals surface area contributed by atoms with Crippen molar-refractivity contribution in [2.24, 2.45) is 14.1 Å². The van der Waals surface area contributed by atoms with Crippen molar-refractivity contribution in [3.8, 4) is 22.9 Å². The molecule has 0 aliphatic carbocycles. The lowest BCUT2D eigenvalue weighted by Gasteiger charge is -2.13. The van der Waals surface area contributed by atoms with Crippen molar-refractivity contribution in [3.63, 3.8) is 0 Å². The molecule has 4 rings (SSSR count). The van der Waals surface area contributed by atoms with E-state index < -0.39 is 11.2 Å². The predicted octanol–water partition coefficient (Wildman–Crippen LogP) is 3.14. The quantitative estimate of drug-likeness (QED) is 0.317. The molecule has 8 nitrogen and oxygen atoms in total. The topological polar surface area (TPSA) is 88.2 Å². The van der Waals surface area contributed by atoms with Crippen LogP contribution in [0.15, 0.2) is 57.1 Å². The molecular weight excluding hydrogens is 447 g/mol. The second-order valence-electron chi connectivity index (χ2n) is 7.24. The first-order valence-corrected chi connectivity index (χ1v) is 10.9. The molecule has 0 aliphatic heterocycles. The summed E-state index contributed by atoms with van der Waals surface area (Å²) in [5.41, 5.74) is 0.755. The van der Waals surface area contributed by atoms with Crippen molar-refractivity contribution in [1.29, 1.82) is 0 Å². The van der Waals surface area contributed by atoms with Gasteiger partial charge in [0.25, 0.3) is 5.56 Å². The maximum Gasteiger partial charge on any atom is 0.332 e. The lowest BCUT2D eigenvalue weighted by Crippen LogP contribution is -2.37. The first-order chi connectivity index (χ1) is 15.8. The normalized spacial score (nSPS) is 11.1. The van der Waals surface area contributed by atoms with E-state index in [9.17, 15) is 14.0 Å². The molecule has 10 heteroatoms. The van der Waals surface area contributed by atoms with Gasteiger partial charge in [0.15, 0.2) is 23.0 Å². The van der Waals surface area contributed by atoms with E-state index in [1.54, 1.807) is 44.5 Å². The van der Waals surface area contributed by atoms with Crippen LogP contribution in [0.25, 0.3) is 22.4 Å². The predicted molar refractivity (Wildman–Crippen MR) is 125 cm³/mol. The van der Waals surface area contributed by atoms with Gasteiger partial charge in [0.2, 0.25) is 0 Å². The Labute approximate surface area is 192 Å². The maximum absolute atomic E-state index is 13.3. The van der Waals surface area contributed by atoms with Crippen LogP contribution < -0.4 is 20.7 Å². The van der Waals surface area contributed by atoms with Crippen LogP contribution >= 0.6 is 11.8 Å². The molecule has 0 fully saturated rings. The highest BCUT2D eigenvalue weighted by Crippen LogP contribution is 2.33. The maximum atomic E-state index is 13.3. The van der Waals surface area contributed by atoms with Gasteiger partial charge in [-0.1, -0.05) is 12.1 Å². The minimum Gasteiger partial charge on any atom is -0.493 e. The van der Waals surface area contributed by atoms with Gasteiger partial charge in [0.05, 0.1) is 14.2 Å². The van der Waals surface area contributed by atoms with E-state index in [1.807, 2.05) is 0 Å². The van der Waals surface area contributed by atoms with Crippen LogP contribution in [-0.2, 0) is 19.8 Å². The van der Waals surface area contributed by atoms with Crippen molar-refractivity contribution >= 4 is 22.8 Å². The fourth-order valence-electron chi connectivity index (χ4n) is 3.37. The van der Waals surface area contributed by atoms with Crippen LogP contribution in [0.4, 0.5) is 4.39 Å². The van der Waals surface area contributed by atoms with Crippen LogP contribution in [-0.4, -0.2) is 33.3 Å². The van der Waals surface area contributed by atoms with Gasteiger partial charge >= 0.3 is 5.69 Å². The van der Waals surface area contributed by atoms with E-state index in [0.717, 1.165) is 10.1 Å². The van der Waals surface area contributed by atoms with Crippen molar-refractivity contribution in [1.82, 2.24) is 19.1 Å². The summed E-state index contributed by atoms with van der Waals surface area (Å²) in [4.78, 5) is 34.7. The lowest BCUT2D eigenvalue weighted by molar-refractivity contribution is 0.355. The summed E-state index contributed by atoms with van der Waals surface area (Å²) in [6.45, 7) is 0. The molecular formula is C23H21FN4O4S. The monoisotopic (exact) mass is 468 g/mol. The number of hydrogen-bond donors (Lipinski definition) is 0. The molecule has 170 valence electrons. The lowest BCUT2D eigenvalue weighted by atomic mass is 10.2. The molecule has 0 radical (unpaired) electrons. The SMILES string of the molecule is COc1ccc(-c2nc(SCc3ccc(F)cc3)c3c(=O)n(C)c(=O)n(C)c3n2)cc1OC. The van der Waals surface area contributed by atoms with Crippen LogP contribution in [0.1, 0.15) is 5.56 Å². The van der Waals surface area contributed by atoms with Gasteiger partial charge in [-0.05, 0) is 35.9 Å². The molecule has 33 heavy (non-hydrogen) atoms. The van der Waals surface area contributed by atoms with E-state index in [2.05, 4.69) is 9.97 Å². The Balaban J connectivity index is 1.91. The van der Waals surface area contributed by atoms with E-state index in [-0.39, 0.29) is 16.9 Å². The van der Waals surface area contributed by atoms with E-state index in [1.165, 1.54) is 42.6 Å². The molecule has 2 heterocycles. The minimum absolute atomic E-state index is 0.226. The molecule has 0 amide bonds. The third kappa shape index (κ3) is 4.21. The van der Waals surface area contributed by atoms with Gasteiger partial charge in [-0.15, -0.1) is 11.8 Å². The first kappa shape index (κ1) is 22.5. The minimum atomic E-state index is -0.487. The third-order valence-electron chi connectivity index (χ3n) is 5.20. The third-order valence-corrected chi connectivity index (χ3v) is 6.24. The van der Waals surface area contributed by atoms with Gasteiger partial charge in [-0.25, -0.2) is 19.2 Å². The molecule has 2 aromatic heterocycles. The van der Waals surface area contributed by atoms with Crippen molar-refractivity contribution in [2.75, 3.05) is 14.2 Å². The van der Waals surface area contributed by atoms with Crippen LogP contribution in [0.5, 0.6) is 11.5 Å². The summed E-state index contributed by atoms with van der Waals surface area (Å²) >= 11 is 1.31. The molecule has 0 atom stereocenters. The number of rotatable bonds is 6. The fourth-order valence-corrected chi connectivity index (χ4v) is 4.34. The van der Waals surface area contributed by atoms with Gasteiger partial charge in [-0.2, -0.15) is 0 Å². The summed E-state index contributed by atoms with van der Waals surface area (Å²) in [5, 5.41) is 0.668. The van der Waals surface area contributed by atoms with Gasteiger partial charge in [0, 0.05) is 25.4 Å². The number of methoxy groups -OCH3 is 2. The number of aryl methyl sites for hydroxylation is 1. The average molecular weight is 469 g/mol. The molecule has 0 aliphatic rings. The highest BCUT2D eigenvalue weighted by atomic mass is 32.2. The molecule has 2 aromatic carbocycles. The highest BCUT2D eigenvalue weighted by Gasteiger charge is 2.19. The largest absolute Gasteiger partial charge is 0.493 e. The molecule has 0 bridgehead atoms. The Hall–Kier alpha value is -3.66. The molecule has 0 N–H and O–H groups in total. The number of fused-ring (bicyclic) bond motifs is 1. The zero-order valence-corrected chi connectivity index (χ0v) is 19.3. The first-order valence-electron chi connectivity index (χ1n) is 9.91. The number of hydrogen-bond acceptors (Lipinski definition) is 7. The highest BCUT2D eigenvalue weighted by molar-refractivity contribution is 7.98. The zero-order valence-electron chi connectivity index (χ0n) is 18.5. The van der Waals surface area contributed by atoms with Crippen LogP contribution in [0.3, 0.4) is 0 Å². The van der Waals surface area contributed by atoms with E-state index in [4.69, 9.17) is 9.47 Å². The number of aromatic nitrogens is 4. The second kappa shape index (κ2) is 9.07. The second-order valence-corrected chi connectivity index (χ2v) is 8.21. The van der Waals surface area contributed by atoms with E-state index >= 15 is 0 Å². The molecule has 0 saturated heterocycles. The van der Waals surface area contributed by atoms with Crippen molar-refractivity contribution in [3.05, 3.63) is 74.7 Å². The Morgan fingerprint density at radius 3 is 2.30 bits per heavy atom. The van der Waals surface area contributed by atoms with Gasteiger partial charge in [0.1, 0.15) is 16.2 Å². The Morgan fingerprint density at radius 1 is 0.939 bits per heavy atom. The molecule has 0 spiro atoms. The van der Waals surface area contributed by atoms with Crippen LogP contribution in [0.2, 0.25) is 0 Å². The van der Waals surface area contributed by atoms with Crippen molar-refractivity contribution < 1.29 is 13.9 Å². The number of nitrogens with zero attached hydrogens (tertiary/aromatic N) is 4. The Kier molecular flexibility index (Phi) is 6.19. The fraction of sp³-hybridized carbons (Fsp3) is 0.217. The van der Waals surface area contributed by atoms with Gasteiger partial charge < -0.3 is 9.47 Å². The summed E-state index contributed by atoms with van der Waals surface area (Å²) in [7, 11) is 6.05.